The molecule has 1 saturated heterocycles. The van der Waals surface area contributed by atoms with Crippen LogP contribution in [0.1, 0.15) is 22.7 Å². The van der Waals surface area contributed by atoms with Gasteiger partial charge in [0.25, 0.3) is 5.91 Å². The number of halogens is 2. The summed E-state index contributed by atoms with van der Waals surface area (Å²) in [5.74, 6) is -1.89. The first-order valence-electron chi connectivity index (χ1n) is 11.6. The number of amides is 4. The molecule has 2 aromatic carbocycles. The first-order chi connectivity index (χ1) is 18.1. The summed E-state index contributed by atoms with van der Waals surface area (Å²) in [5.41, 5.74) is 0.951. The molecule has 0 unspecified atom stereocenters. The predicted octanol–water partition coefficient (Wildman–Crippen LogP) is 3.42. The van der Waals surface area contributed by atoms with Gasteiger partial charge in [0.15, 0.2) is 17.1 Å². The van der Waals surface area contributed by atoms with Gasteiger partial charge in [-0.1, -0.05) is 6.07 Å². The van der Waals surface area contributed by atoms with Crippen LogP contribution in [0.4, 0.5) is 13.6 Å². The zero-order valence-electron chi connectivity index (χ0n) is 20.6. The Morgan fingerprint density at radius 2 is 1.92 bits per heavy atom. The zero-order chi connectivity index (χ0) is 27.2. The van der Waals surface area contributed by atoms with Gasteiger partial charge in [0.05, 0.1) is 19.3 Å². The Labute approximate surface area is 214 Å². The van der Waals surface area contributed by atoms with E-state index in [0.717, 1.165) is 0 Å². The van der Waals surface area contributed by atoms with Gasteiger partial charge in [-0.2, -0.15) is 5.10 Å². The lowest BCUT2D eigenvalue weighted by Crippen LogP contribution is -2.52. The molecular weight excluding hydrogens is 500 g/mol. The zero-order valence-corrected chi connectivity index (χ0v) is 20.6. The number of urea groups is 1. The number of nitrogens with one attached hydrogen (secondary N) is 3. The quantitative estimate of drug-likeness (QED) is 0.240. The van der Waals surface area contributed by atoms with Gasteiger partial charge in [-0.05, 0) is 43.7 Å². The first kappa shape index (κ1) is 24.9. The smallest absolute Gasteiger partial charge is 0.322 e. The van der Waals surface area contributed by atoms with E-state index in [1.807, 2.05) is 0 Å². The summed E-state index contributed by atoms with van der Waals surface area (Å²) in [6, 6.07) is 7.70. The number of aromatic amines is 1. The van der Waals surface area contributed by atoms with E-state index in [0.29, 0.717) is 39.9 Å². The van der Waals surface area contributed by atoms with E-state index in [1.54, 1.807) is 26.0 Å². The molecule has 1 aliphatic heterocycles. The molecule has 5 rings (SSSR count). The summed E-state index contributed by atoms with van der Waals surface area (Å²) in [7, 11) is 1.33. The molecule has 3 heterocycles. The van der Waals surface area contributed by atoms with Crippen LogP contribution < -0.4 is 15.4 Å². The van der Waals surface area contributed by atoms with Crippen LogP contribution in [0, 0.1) is 25.5 Å². The van der Waals surface area contributed by atoms with Gasteiger partial charge in [0.1, 0.15) is 17.2 Å². The molecule has 2 aromatic heterocycles. The van der Waals surface area contributed by atoms with Crippen molar-refractivity contribution in [2.45, 2.75) is 25.9 Å². The molecule has 196 valence electrons. The molecule has 4 aromatic rings. The molecule has 1 atom stereocenters. The summed E-state index contributed by atoms with van der Waals surface area (Å²) in [6.45, 7) is 3.11. The van der Waals surface area contributed by atoms with Crippen molar-refractivity contribution in [2.75, 3.05) is 13.7 Å². The minimum Gasteiger partial charge on any atom is -0.494 e. The maximum absolute atomic E-state index is 15.1. The fourth-order valence-electron chi connectivity index (χ4n) is 4.74. The van der Waals surface area contributed by atoms with Crippen LogP contribution in [-0.4, -0.2) is 47.1 Å². The van der Waals surface area contributed by atoms with Crippen molar-refractivity contribution in [2.24, 2.45) is 0 Å². The monoisotopic (exact) mass is 523 g/mol. The van der Waals surface area contributed by atoms with E-state index >= 15 is 4.39 Å². The minimum absolute atomic E-state index is 0.000740. The Hall–Kier alpha value is -4.74. The molecule has 0 spiro atoms. The molecule has 1 aliphatic rings. The lowest BCUT2D eigenvalue weighted by Gasteiger charge is -2.29. The second kappa shape index (κ2) is 9.29. The van der Waals surface area contributed by atoms with E-state index < -0.39 is 29.1 Å². The molecule has 12 heteroatoms. The van der Waals surface area contributed by atoms with Crippen LogP contribution >= 0.6 is 0 Å². The second-order valence-electron chi connectivity index (χ2n) is 9.08. The number of hydrogen-bond donors (Lipinski definition) is 3. The summed E-state index contributed by atoms with van der Waals surface area (Å²) in [6.07, 6.45) is 0.479. The number of H-pyrrole nitrogens is 1. The van der Waals surface area contributed by atoms with Gasteiger partial charge in [-0.15, -0.1) is 0 Å². The van der Waals surface area contributed by atoms with Gasteiger partial charge >= 0.3 is 6.03 Å². The van der Waals surface area contributed by atoms with E-state index in [4.69, 9.17) is 9.15 Å². The summed E-state index contributed by atoms with van der Waals surface area (Å²) < 4.78 is 40.1. The number of methoxy groups -OCH3 is 1. The number of aryl methyl sites for hydroxylation is 2. The third-order valence-electron chi connectivity index (χ3n) is 6.56. The van der Waals surface area contributed by atoms with E-state index in [2.05, 4.69) is 20.8 Å². The third-order valence-corrected chi connectivity index (χ3v) is 6.56. The fraction of sp³-hybridized carbons (Fsp3) is 0.231. The van der Waals surface area contributed by atoms with Crippen LogP contribution in [-0.2, 0) is 21.7 Å². The Bertz CT molecular complexity index is 1580. The first-order valence-corrected chi connectivity index (χ1v) is 11.6. The van der Waals surface area contributed by atoms with Gasteiger partial charge in [0, 0.05) is 34.8 Å². The molecule has 0 aliphatic carbocycles. The standard InChI is InChI=1S/C26H23F2N5O5/c1-13-23(14(2)32-31-13)17-7-16-8-22(38-21(16)9-18(17)27)26(24(35)29-25(36)30-26)11-33(12-34)10-15-4-5-20(37-3)19(28)6-15/h4-9,12H,10-11H2,1-3H3,(H,31,32)(H2,29,30,35,36)/t26-/m0/s1. The normalized spacial score (nSPS) is 17.0. The number of benzene rings is 2. The Kier molecular flexibility index (Phi) is 6.09. The van der Waals surface area contributed by atoms with Gasteiger partial charge in [0.2, 0.25) is 6.41 Å². The van der Waals surface area contributed by atoms with E-state index in [-0.39, 0.29) is 30.2 Å². The number of carbonyl (C=O) groups excluding carboxylic acids is 3. The molecule has 0 bridgehead atoms. The molecule has 10 nitrogen and oxygen atoms in total. The largest absolute Gasteiger partial charge is 0.494 e. The van der Waals surface area contributed by atoms with Crippen LogP contribution in [0.15, 0.2) is 40.8 Å². The topological polar surface area (TPSA) is 130 Å². The van der Waals surface area contributed by atoms with E-state index in [1.165, 1.54) is 36.3 Å². The van der Waals surface area contributed by atoms with Gasteiger partial charge in [-0.25, -0.2) is 13.6 Å². The number of rotatable bonds is 8. The van der Waals surface area contributed by atoms with Crippen molar-refractivity contribution in [3.05, 3.63) is 70.7 Å². The van der Waals surface area contributed by atoms with Crippen molar-refractivity contribution in [1.82, 2.24) is 25.7 Å². The highest BCUT2D eigenvalue weighted by molar-refractivity contribution is 6.07. The number of ether oxygens (including phenoxy) is 1. The number of carbonyl (C=O) groups is 3. The Morgan fingerprint density at radius 1 is 1.13 bits per heavy atom. The highest BCUT2D eigenvalue weighted by Crippen LogP contribution is 2.36. The Morgan fingerprint density at radius 3 is 2.53 bits per heavy atom. The van der Waals surface area contributed by atoms with Crippen molar-refractivity contribution in [3.8, 4) is 16.9 Å². The van der Waals surface area contributed by atoms with Crippen molar-refractivity contribution < 1.29 is 32.3 Å². The number of aromatic nitrogens is 2. The molecule has 4 amide bonds. The summed E-state index contributed by atoms with van der Waals surface area (Å²) >= 11 is 0. The number of fused-ring (bicyclic) bond motifs is 1. The SMILES string of the molecule is COc1ccc(CN(C=O)C[C@@]2(c3cc4cc(-c5c(C)n[nH]c5C)c(F)cc4o3)NC(=O)NC2=O)cc1F. The summed E-state index contributed by atoms with van der Waals surface area (Å²) in [4.78, 5) is 38.5. The van der Waals surface area contributed by atoms with Crippen molar-refractivity contribution >= 4 is 29.3 Å². The molecule has 0 radical (unpaired) electrons. The van der Waals surface area contributed by atoms with Gasteiger partial charge in [-0.3, -0.25) is 20.0 Å². The Balaban J connectivity index is 1.54. The number of imide groups is 1. The van der Waals surface area contributed by atoms with Crippen LogP contribution in [0.5, 0.6) is 5.75 Å². The van der Waals surface area contributed by atoms with Crippen molar-refractivity contribution in [1.29, 1.82) is 0 Å². The molecule has 1 fully saturated rings. The van der Waals surface area contributed by atoms with Crippen LogP contribution in [0.25, 0.3) is 22.1 Å². The summed E-state index contributed by atoms with van der Waals surface area (Å²) in [5, 5.41) is 12.1. The number of furan rings is 1. The third kappa shape index (κ3) is 4.13. The van der Waals surface area contributed by atoms with E-state index in [9.17, 15) is 18.8 Å². The minimum atomic E-state index is -1.81. The highest BCUT2D eigenvalue weighted by atomic mass is 19.1. The average Bonchev–Trinajstić information content (AvgIpc) is 3.53. The molecule has 3 N–H and O–H groups in total. The molecular formula is C26H23F2N5O5. The average molecular weight is 523 g/mol. The van der Waals surface area contributed by atoms with Gasteiger partial charge < -0.3 is 19.4 Å². The van der Waals surface area contributed by atoms with Crippen LogP contribution in [0.2, 0.25) is 0 Å². The lowest BCUT2D eigenvalue weighted by atomic mass is 9.94. The lowest BCUT2D eigenvalue weighted by molar-refractivity contribution is -0.127. The highest BCUT2D eigenvalue weighted by Gasteiger charge is 2.51. The van der Waals surface area contributed by atoms with Crippen LogP contribution in [0.3, 0.4) is 0 Å². The number of nitrogens with zero attached hydrogens (tertiary/aromatic N) is 2. The number of hydrogen-bond acceptors (Lipinski definition) is 6. The fourth-order valence-corrected chi connectivity index (χ4v) is 4.74. The molecule has 0 saturated carbocycles. The predicted molar refractivity (Wildman–Crippen MR) is 131 cm³/mol. The maximum atomic E-state index is 15.1. The van der Waals surface area contributed by atoms with Crippen molar-refractivity contribution in [3.63, 3.8) is 0 Å². The molecule has 38 heavy (non-hydrogen) atoms. The maximum Gasteiger partial charge on any atom is 0.322 e. The second-order valence-corrected chi connectivity index (χ2v) is 9.08.